The van der Waals surface area contributed by atoms with E-state index < -0.39 is 0 Å². The first kappa shape index (κ1) is 18.6. The van der Waals surface area contributed by atoms with Crippen molar-refractivity contribution in [3.63, 3.8) is 0 Å². The molecule has 0 aliphatic rings. The van der Waals surface area contributed by atoms with E-state index in [0.717, 1.165) is 53.5 Å². The lowest BCUT2D eigenvalue weighted by Gasteiger charge is -2.09. The fourth-order valence-corrected chi connectivity index (χ4v) is 3.31. The molecule has 4 N–H and O–H groups in total. The van der Waals surface area contributed by atoms with Gasteiger partial charge >= 0.3 is 0 Å². The molecule has 132 valence electrons. The molecule has 0 bridgehead atoms. The molecule has 1 aromatic carbocycles. The zero-order valence-electron chi connectivity index (χ0n) is 14.6. The first-order valence-corrected chi connectivity index (χ1v) is 9.52. The van der Waals surface area contributed by atoms with Gasteiger partial charge in [0, 0.05) is 18.4 Å². The van der Waals surface area contributed by atoms with E-state index in [2.05, 4.69) is 32.7 Å². The molecule has 3 aromatic rings. The Morgan fingerprint density at radius 1 is 1.12 bits per heavy atom. The topological polar surface area (TPSA) is 75.9 Å². The maximum atomic E-state index is 5.81. The fourth-order valence-electron chi connectivity index (χ4n) is 2.56. The molecule has 0 fully saturated rings. The van der Waals surface area contributed by atoms with Gasteiger partial charge in [-0.05, 0) is 60.5 Å². The van der Waals surface area contributed by atoms with Crippen molar-refractivity contribution in [2.24, 2.45) is 5.73 Å². The molecule has 2 heterocycles. The largest absolute Gasteiger partial charge is 0.330 e. The van der Waals surface area contributed by atoms with Crippen LogP contribution < -0.4 is 21.1 Å². The van der Waals surface area contributed by atoms with Gasteiger partial charge in [-0.1, -0.05) is 18.2 Å². The van der Waals surface area contributed by atoms with Crippen LogP contribution in [0.1, 0.15) is 18.4 Å². The first-order chi connectivity index (χ1) is 12.7. The number of hydrogen-bond acceptors (Lipinski definition) is 6. The van der Waals surface area contributed by atoms with Crippen LogP contribution in [0.5, 0.6) is 0 Å². The van der Waals surface area contributed by atoms with E-state index >= 15 is 0 Å². The van der Waals surface area contributed by atoms with E-state index in [1.54, 1.807) is 6.20 Å². The summed E-state index contributed by atoms with van der Waals surface area (Å²) in [7, 11) is 5.81. The van der Waals surface area contributed by atoms with Crippen molar-refractivity contribution in [2.75, 3.05) is 18.4 Å². The van der Waals surface area contributed by atoms with Crippen LogP contribution >= 0.6 is 11.3 Å². The van der Waals surface area contributed by atoms with Gasteiger partial charge in [0.2, 0.25) is 5.95 Å². The van der Waals surface area contributed by atoms with Crippen molar-refractivity contribution in [3.8, 4) is 10.6 Å². The van der Waals surface area contributed by atoms with Gasteiger partial charge in [0.1, 0.15) is 7.85 Å². The summed E-state index contributed by atoms with van der Waals surface area (Å²) in [6, 6.07) is 14.0. The van der Waals surface area contributed by atoms with Crippen LogP contribution in [0.2, 0.25) is 0 Å². The predicted molar refractivity (Wildman–Crippen MR) is 110 cm³/mol. The van der Waals surface area contributed by atoms with Crippen LogP contribution in [0, 0.1) is 0 Å². The van der Waals surface area contributed by atoms with Crippen LogP contribution in [0.25, 0.3) is 10.6 Å². The maximum Gasteiger partial charge on any atom is 0.227 e. The number of rotatable bonds is 9. The quantitative estimate of drug-likeness (QED) is 0.402. The third-order valence-electron chi connectivity index (χ3n) is 3.85. The summed E-state index contributed by atoms with van der Waals surface area (Å²) in [5, 5.41) is 6.71. The van der Waals surface area contributed by atoms with Crippen molar-refractivity contribution in [1.82, 2.24) is 15.3 Å². The Labute approximate surface area is 159 Å². The van der Waals surface area contributed by atoms with Gasteiger partial charge in [-0.25, -0.2) is 9.97 Å². The van der Waals surface area contributed by atoms with Crippen LogP contribution in [0.4, 0.5) is 11.6 Å². The third-order valence-corrected chi connectivity index (χ3v) is 4.79. The molecule has 0 amide bonds. The van der Waals surface area contributed by atoms with E-state index in [0.29, 0.717) is 5.95 Å². The Hall–Kier alpha value is -2.22. The second-order valence-corrected chi connectivity index (χ2v) is 7.08. The molecule has 2 aromatic heterocycles. The predicted octanol–water partition coefficient (Wildman–Crippen LogP) is 2.57. The van der Waals surface area contributed by atoms with Gasteiger partial charge in [0.25, 0.3) is 0 Å². The molecule has 3 rings (SSSR count). The number of nitrogens with two attached hydrogens (primary N) is 1. The number of nitrogens with one attached hydrogen (secondary N) is 2. The molecule has 5 nitrogen and oxygen atoms in total. The van der Waals surface area contributed by atoms with Crippen molar-refractivity contribution < 1.29 is 0 Å². The van der Waals surface area contributed by atoms with Crippen molar-refractivity contribution in [3.05, 3.63) is 54.2 Å². The Bertz CT molecular complexity index is 836. The Balaban J connectivity index is 1.63. The molecule has 0 atom stereocenters. The summed E-state index contributed by atoms with van der Waals surface area (Å²) < 4.78 is 0.778. The summed E-state index contributed by atoms with van der Waals surface area (Å²) in [5.74, 6) is 0.572. The lowest BCUT2D eigenvalue weighted by molar-refractivity contribution is 0.627. The van der Waals surface area contributed by atoms with Crippen LogP contribution in [-0.2, 0) is 6.54 Å². The highest BCUT2D eigenvalue weighted by Crippen LogP contribution is 2.22. The van der Waals surface area contributed by atoms with Crippen molar-refractivity contribution >= 4 is 35.6 Å². The van der Waals surface area contributed by atoms with Crippen molar-refractivity contribution in [1.29, 1.82) is 0 Å². The number of aromatic nitrogens is 2. The number of thiophene rings is 1. The lowest BCUT2D eigenvalue weighted by Crippen LogP contribution is -2.15. The van der Waals surface area contributed by atoms with E-state index in [4.69, 9.17) is 13.6 Å². The molecule has 0 saturated heterocycles. The van der Waals surface area contributed by atoms with E-state index in [-0.39, 0.29) is 0 Å². The molecular weight excluding hydrogens is 341 g/mol. The lowest BCUT2D eigenvalue weighted by atomic mass is 10.1. The summed E-state index contributed by atoms with van der Waals surface area (Å²) in [6.07, 6.45) is 3.91. The summed E-state index contributed by atoms with van der Waals surface area (Å²) in [6.45, 7) is 2.55. The highest BCUT2D eigenvalue weighted by molar-refractivity contribution is 7.23. The number of nitrogens with zero attached hydrogens (tertiary/aromatic N) is 2. The number of benzene rings is 1. The molecule has 7 heteroatoms. The minimum absolute atomic E-state index is 0.572. The van der Waals surface area contributed by atoms with E-state index in [1.807, 2.05) is 30.3 Å². The third kappa shape index (κ3) is 5.39. The Morgan fingerprint density at radius 2 is 2.04 bits per heavy atom. The molecule has 26 heavy (non-hydrogen) atoms. The molecule has 0 aliphatic heterocycles. The monoisotopic (exact) mass is 363 g/mol. The molecule has 0 spiro atoms. The summed E-state index contributed by atoms with van der Waals surface area (Å²) in [5.41, 5.74) is 8.55. The van der Waals surface area contributed by atoms with Crippen LogP contribution in [0.15, 0.2) is 48.7 Å². The van der Waals surface area contributed by atoms with Gasteiger partial charge in [-0.15, -0.1) is 0 Å². The van der Waals surface area contributed by atoms with Gasteiger partial charge in [-0.2, -0.15) is 11.3 Å². The average molecular weight is 363 g/mol. The number of unbranched alkanes of at least 4 members (excludes halogenated alkanes) is 1. The molecule has 2 radical (unpaired) electrons. The summed E-state index contributed by atoms with van der Waals surface area (Å²) >= 11 is 1.52. The van der Waals surface area contributed by atoms with Gasteiger partial charge in [-0.3, -0.25) is 0 Å². The minimum atomic E-state index is 0.572. The van der Waals surface area contributed by atoms with Gasteiger partial charge in [0.05, 0.1) is 10.6 Å². The number of hydrogen-bond donors (Lipinski definition) is 3. The second-order valence-electron chi connectivity index (χ2n) is 5.97. The normalized spacial score (nSPS) is 10.8. The standard InChI is InChI=1S/C19H22BN5S/c20-18-7-6-17(26-18)16-8-11-23-19(25-16)24-15-5-3-4-14(12-15)13-22-10-2-1-9-21/h3-8,11-12,22H,1-2,9-10,13,21H2,(H,23,24,25). The Morgan fingerprint density at radius 3 is 2.85 bits per heavy atom. The molecular formula is C19H22BN5S. The first-order valence-electron chi connectivity index (χ1n) is 8.70. The van der Waals surface area contributed by atoms with Crippen LogP contribution in [-0.4, -0.2) is 30.9 Å². The van der Waals surface area contributed by atoms with Gasteiger partial charge < -0.3 is 16.4 Å². The zero-order valence-corrected chi connectivity index (χ0v) is 15.4. The highest BCUT2D eigenvalue weighted by atomic mass is 32.1. The fraction of sp³-hybridized carbons (Fsp3) is 0.263. The molecule has 0 saturated carbocycles. The highest BCUT2D eigenvalue weighted by Gasteiger charge is 2.05. The minimum Gasteiger partial charge on any atom is -0.330 e. The maximum absolute atomic E-state index is 5.81. The van der Waals surface area contributed by atoms with E-state index in [9.17, 15) is 0 Å². The smallest absolute Gasteiger partial charge is 0.227 e. The molecule has 0 aliphatic carbocycles. The SMILES string of the molecule is [B]c1ccc(-c2ccnc(Nc3cccc(CNCCCCN)c3)n2)s1. The number of anilines is 2. The van der Waals surface area contributed by atoms with E-state index in [1.165, 1.54) is 16.9 Å². The van der Waals surface area contributed by atoms with Crippen LogP contribution in [0.3, 0.4) is 0 Å². The molecule has 0 unspecified atom stereocenters. The zero-order chi connectivity index (χ0) is 18.2. The van der Waals surface area contributed by atoms with Crippen molar-refractivity contribution in [2.45, 2.75) is 19.4 Å². The average Bonchev–Trinajstić information content (AvgIpc) is 3.09. The summed E-state index contributed by atoms with van der Waals surface area (Å²) in [4.78, 5) is 9.93. The van der Waals surface area contributed by atoms with Gasteiger partial charge in [0.15, 0.2) is 0 Å². The Kier molecular flexibility index (Phi) is 6.77. The second kappa shape index (κ2) is 9.47.